The van der Waals surface area contributed by atoms with Gasteiger partial charge in [-0.25, -0.2) is 17.9 Å². The number of aromatic nitrogens is 1. The average Bonchev–Trinajstić information content (AvgIpc) is 2.71. The first kappa shape index (κ1) is 20.9. The number of halogens is 1. The van der Waals surface area contributed by atoms with Gasteiger partial charge < -0.3 is 9.84 Å². The van der Waals surface area contributed by atoms with E-state index in [2.05, 4.69) is 4.98 Å². The third kappa shape index (κ3) is 5.83. The fraction of sp³-hybridized carbons (Fsp3) is 0.190. The van der Waals surface area contributed by atoms with Gasteiger partial charge in [0.05, 0.1) is 6.10 Å². The third-order valence-corrected chi connectivity index (χ3v) is 5.30. The number of nitrogens with two attached hydrogens (primary N) is 1. The number of sulfonamides is 1. The van der Waals surface area contributed by atoms with Gasteiger partial charge >= 0.3 is 0 Å². The lowest BCUT2D eigenvalue weighted by Crippen LogP contribution is -2.18. The van der Waals surface area contributed by atoms with Crippen LogP contribution in [0, 0.1) is 5.82 Å². The van der Waals surface area contributed by atoms with E-state index in [-0.39, 0.29) is 6.61 Å². The van der Waals surface area contributed by atoms with Crippen molar-refractivity contribution in [3.8, 4) is 16.9 Å². The van der Waals surface area contributed by atoms with E-state index in [9.17, 15) is 17.9 Å². The Morgan fingerprint density at radius 3 is 2.45 bits per heavy atom. The Bertz CT molecular complexity index is 1060. The molecule has 29 heavy (non-hydrogen) atoms. The van der Waals surface area contributed by atoms with Crippen molar-refractivity contribution in [2.45, 2.75) is 23.8 Å². The maximum absolute atomic E-state index is 14.0. The molecular formula is C21H21FN2O4S. The molecule has 0 aliphatic carbocycles. The zero-order valence-electron chi connectivity index (χ0n) is 15.5. The standard InChI is InChI=1S/C21H21FN2O4S/c22-20-12-17(6-10-21(20)29(23,26)27)16-4-8-19(9-5-16)28-14-18(25)7-3-15-2-1-11-24-13-15/h1-2,4-6,8-13,18,25H,3,7,14H2,(H2,23,26,27). The number of hydrogen-bond acceptors (Lipinski definition) is 5. The van der Waals surface area contributed by atoms with Crippen molar-refractivity contribution in [2.75, 3.05) is 6.61 Å². The van der Waals surface area contributed by atoms with Crippen molar-refractivity contribution in [2.24, 2.45) is 5.14 Å². The minimum Gasteiger partial charge on any atom is -0.491 e. The Morgan fingerprint density at radius 2 is 1.83 bits per heavy atom. The first-order valence-corrected chi connectivity index (χ1v) is 10.5. The SMILES string of the molecule is NS(=O)(=O)c1ccc(-c2ccc(OCC(O)CCc3cccnc3)cc2)cc1F. The molecule has 0 fully saturated rings. The first-order chi connectivity index (χ1) is 13.8. The number of benzene rings is 2. The van der Waals surface area contributed by atoms with E-state index in [4.69, 9.17) is 9.88 Å². The lowest BCUT2D eigenvalue weighted by Gasteiger charge is -2.13. The minimum atomic E-state index is -4.10. The average molecular weight is 416 g/mol. The lowest BCUT2D eigenvalue weighted by atomic mass is 10.1. The van der Waals surface area contributed by atoms with Crippen LogP contribution in [0.4, 0.5) is 4.39 Å². The fourth-order valence-corrected chi connectivity index (χ4v) is 3.40. The molecule has 0 radical (unpaired) electrons. The summed E-state index contributed by atoms with van der Waals surface area (Å²) in [6, 6.07) is 14.4. The van der Waals surface area contributed by atoms with Crippen molar-refractivity contribution in [3.05, 3.63) is 78.4 Å². The Hall–Kier alpha value is -2.81. The maximum Gasteiger partial charge on any atom is 0.240 e. The first-order valence-electron chi connectivity index (χ1n) is 8.95. The monoisotopic (exact) mass is 416 g/mol. The van der Waals surface area contributed by atoms with Crippen molar-refractivity contribution in [1.82, 2.24) is 4.98 Å². The molecule has 1 unspecified atom stereocenters. The number of hydrogen-bond donors (Lipinski definition) is 2. The molecule has 0 aliphatic rings. The van der Waals surface area contributed by atoms with Gasteiger partial charge in [-0.05, 0) is 59.9 Å². The highest BCUT2D eigenvalue weighted by Gasteiger charge is 2.15. The normalized spacial score (nSPS) is 12.5. The van der Waals surface area contributed by atoms with Gasteiger partial charge in [0.25, 0.3) is 0 Å². The van der Waals surface area contributed by atoms with Crippen LogP contribution in [0.3, 0.4) is 0 Å². The summed E-state index contributed by atoms with van der Waals surface area (Å²) in [7, 11) is -4.10. The summed E-state index contributed by atoms with van der Waals surface area (Å²) >= 11 is 0. The molecular weight excluding hydrogens is 395 g/mol. The molecule has 8 heteroatoms. The molecule has 1 atom stereocenters. The third-order valence-electron chi connectivity index (χ3n) is 4.36. The number of ether oxygens (including phenoxy) is 1. The Kier molecular flexibility index (Phi) is 6.58. The van der Waals surface area contributed by atoms with Gasteiger partial charge in [-0.15, -0.1) is 0 Å². The molecule has 2 aromatic carbocycles. The van der Waals surface area contributed by atoms with E-state index in [1.807, 2.05) is 12.1 Å². The van der Waals surface area contributed by atoms with Crippen LogP contribution >= 0.6 is 0 Å². The second-order valence-electron chi connectivity index (χ2n) is 6.58. The summed E-state index contributed by atoms with van der Waals surface area (Å²) in [6.45, 7) is 0.150. The number of primary sulfonamides is 1. The van der Waals surface area contributed by atoms with Gasteiger partial charge in [-0.3, -0.25) is 4.98 Å². The maximum atomic E-state index is 14.0. The predicted octanol–water partition coefficient (Wildman–Crippen LogP) is 2.91. The van der Waals surface area contributed by atoms with Crippen LogP contribution in [0.15, 0.2) is 71.9 Å². The molecule has 0 saturated heterocycles. The topological polar surface area (TPSA) is 103 Å². The van der Waals surface area contributed by atoms with Crippen LogP contribution < -0.4 is 9.88 Å². The van der Waals surface area contributed by atoms with Gasteiger partial charge in [-0.1, -0.05) is 24.3 Å². The van der Waals surface area contributed by atoms with E-state index < -0.39 is 26.8 Å². The van der Waals surface area contributed by atoms with Gasteiger partial charge in [0, 0.05) is 12.4 Å². The van der Waals surface area contributed by atoms with Crippen LogP contribution in [0.2, 0.25) is 0 Å². The summed E-state index contributed by atoms with van der Waals surface area (Å²) < 4.78 is 42.2. The van der Waals surface area contributed by atoms with Crippen molar-refractivity contribution < 1.29 is 22.7 Å². The van der Waals surface area contributed by atoms with Gasteiger partial charge in [0.1, 0.15) is 23.1 Å². The molecule has 1 aromatic heterocycles. The molecule has 3 N–H and O–H groups in total. The van der Waals surface area contributed by atoms with E-state index in [1.54, 1.807) is 36.7 Å². The molecule has 3 rings (SSSR count). The van der Waals surface area contributed by atoms with Crippen LogP contribution in [-0.4, -0.2) is 31.2 Å². The molecule has 0 saturated carbocycles. The Balaban J connectivity index is 1.57. The van der Waals surface area contributed by atoms with E-state index in [0.717, 1.165) is 17.7 Å². The predicted molar refractivity (Wildman–Crippen MR) is 107 cm³/mol. The summed E-state index contributed by atoms with van der Waals surface area (Å²) in [5.74, 6) is -0.335. The van der Waals surface area contributed by atoms with Gasteiger partial charge in [0.15, 0.2) is 0 Å². The van der Waals surface area contributed by atoms with E-state index in [0.29, 0.717) is 29.7 Å². The number of rotatable bonds is 8. The molecule has 0 aliphatic heterocycles. The van der Waals surface area contributed by atoms with Crippen molar-refractivity contribution in [3.63, 3.8) is 0 Å². The van der Waals surface area contributed by atoms with Gasteiger partial charge in [0.2, 0.25) is 10.0 Å². The van der Waals surface area contributed by atoms with Crippen molar-refractivity contribution in [1.29, 1.82) is 0 Å². The number of aliphatic hydroxyl groups is 1. The fourth-order valence-electron chi connectivity index (χ4n) is 2.81. The molecule has 1 heterocycles. The summed E-state index contributed by atoms with van der Waals surface area (Å²) in [6.07, 6.45) is 4.12. The number of pyridine rings is 1. The largest absolute Gasteiger partial charge is 0.491 e. The molecule has 6 nitrogen and oxygen atoms in total. The quantitative estimate of drug-likeness (QED) is 0.588. The van der Waals surface area contributed by atoms with Crippen LogP contribution in [0.25, 0.3) is 11.1 Å². The van der Waals surface area contributed by atoms with Gasteiger partial charge in [-0.2, -0.15) is 0 Å². The number of aliphatic hydroxyl groups excluding tert-OH is 1. The van der Waals surface area contributed by atoms with Crippen LogP contribution in [0.1, 0.15) is 12.0 Å². The highest BCUT2D eigenvalue weighted by atomic mass is 32.2. The summed E-state index contributed by atoms with van der Waals surface area (Å²) in [5, 5.41) is 15.1. The minimum absolute atomic E-state index is 0.150. The Labute approximate surface area is 168 Å². The molecule has 3 aromatic rings. The molecule has 0 bridgehead atoms. The van der Waals surface area contributed by atoms with Crippen LogP contribution in [0.5, 0.6) is 5.75 Å². The zero-order valence-corrected chi connectivity index (χ0v) is 16.3. The molecule has 0 amide bonds. The van der Waals surface area contributed by atoms with Crippen LogP contribution in [-0.2, 0) is 16.4 Å². The number of aryl methyl sites for hydroxylation is 1. The number of nitrogens with zero attached hydrogens (tertiary/aromatic N) is 1. The molecule has 0 spiro atoms. The Morgan fingerprint density at radius 1 is 1.10 bits per heavy atom. The highest BCUT2D eigenvalue weighted by molar-refractivity contribution is 7.89. The smallest absolute Gasteiger partial charge is 0.240 e. The summed E-state index contributed by atoms with van der Waals surface area (Å²) in [5.41, 5.74) is 2.25. The van der Waals surface area contributed by atoms with E-state index >= 15 is 0 Å². The second kappa shape index (κ2) is 9.13. The molecule has 152 valence electrons. The highest BCUT2D eigenvalue weighted by Crippen LogP contribution is 2.25. The lowest BCUT2D eigenvalue weighted by molar-refractivity contribution is 0.100. The van der Waals surface area contributed by atoms with Crippen molar-refractivity contribution >= 4 is 10.0 Å². The zero-order chi connectivity index (χ0) is 20.9. The van der Waals surface area contributed by atoms with E-state index in [1.165, 1.54) is 6.07 Å². The second-order valence-corrected chi connectivity index (χ2v) is 8.11. The summed E-state index contributed by atoms with van der Waals surface area (Å²) in [4.78, 5) is 3.50.